The Kier molecular flexibility index (Phi) is 9.25. The largest absolute Gasteiger partial charge is 0.493 e. The molecule has 1 aromatic carbocycles. The first-order valence-corrected chi connectivity index (χ1v) is 8.46. The van der Waals surface area contributed by atoms with Crippen LogP contribution in [0.25, 0.3) is 0 Å². The van der Waals surface area contributed by atoms with Crippen molar-refractivity contribution in [3.63, 3.8) is 0 Å². The highest BCUT2D eigenvalue weighted by Crippen LogP contribution is 2.29. The summed E-state index contributed by atoms with van der Waals surface area (Å²) >= 11 is 1.39. The minimum Gasteiger partial charge on any atom is -0.493 e. The Hall–Kier alpha value is -1.97. The Morgan fingerprint density at radius 3 is 2.77 bits per heavy atom. The molecular weight excluding hydrogens is 388 g/mol. The zero-order chi connectivity index (χ0) is 18.2. The summed E-state index contributed by atoms with van der Waals surface area (Å²) in [5, 5.41) is 5.24. The van der Waals surface area contributed by atoms with E-state index in [1.165, 1.54) is 24.5 Å². The van der Waals surface area contributed by atoms with Crippen molar-refractivity contribution in [2.24, 2.45) is 5.73 Å². The standard InChI is InChI=1S/C16H19F2N3O3S.ClH/c1-23-12-3-2-10(8-13(12)24-16(17)18)5-7-20-15(22)11-9-25-14(21-11)4-6-19;/h2-3,8-9,16H,4-7,19H2,1H3,(H,20,22);1H. The van der Waals surface area contributed by atoms with E-state index in [1.807, 2.05) is 0 Å². The van der Waals surface area contributed by atoms with Gasteiger partial charge in [-0.25, -0.2) is 4.98 Å². The van der Waals surface area contributed by atoms with Crippen molar-refractivity contribution in [1.29, 1.82) is 0 Å². The second-order valence-corrected chi connectivity index (χ2v) is 5.98. The summed E-state index contributed by atoms with van der Waals surface area (Å²) in [5.74, 6) is -0.0904. The van der Waals surface area contributed by atoms with Gasteiger partial charge in [-0.2, -0.15) is 8.78 Å². The normalized spacial score (nSPS) is 10.3. The van der Waals surface area contributed by atoms with Crippen molar-refractivity contribution in [2.75, 3.05) is 20.2 Å². The van der Waals surface area contributed by atoms with E-state index in [1.54, 1.807) is 17.5 Å². The highest BCUT2D eigenvalue weighted by molar-refractivity contribution is 7.09. The van der Waals surface area contributed by atoms with Gasteiger partial charge in [0.05, 0.1) is 12.1 Å². The second-order valence-electron chi connectivity index (χ2n) is 5.03. The predicted molar refractivity (Wildman–Crippen MR) is 97.8 cm³/mol. The average molecular weight is 408 g/mol. The number of amides is 1. The van der Waals surface area contributed by atoms with Crippen LogP contribution in [-0.2, 0) is 12.8 Å². The first-order valence-electron chi connectivity index (χ1n) is 7.58. The molecule has 2 rings (SSSR count). The lowest BCUT2D eigenvalue weighted by Crippen LogP contribution is -2.26. The smallest absolute Gasteiger partial charge is 0.387 e. The Labute approximate surface area is 160 Å². The van der Waals surface area contributed by atoms with E-state index in [4.69, 9.17) is 10.5 Å². The molecule has 0 unspecified atom stereocenters. The second kappa shape index (κ2) is 10.9. The highest BCUT2D eigenvalue weighted by Gasteiger charge is 2.12. The molecule has 0 atom stereocenters. The lowest BCUT2D eigenvalue weighted by atomic mass is 10.1. The minimum absolute atomic E-state index is 0. The fourth-order valence-electron chi connectivity index (χ4n) is 2.13. The number of methoxy groups -OCH3 is 1. The van der Waals surface area contributed by atoms with Crippen LogP contribution in [0.2, 0.25) is 0 Å². The number of alkyl halides is 2. The maximum absolute atomic E-state index is 12.4. The molecule has 2 aromatic rings. The van der Waals surface area contributed by atoms with Crippen LogP contribution < -0.4 is 20.5 Å². The number of nitrogens with two attached hydrogens (primary N) is 1. The number of carbonyl (C=O) groups is 1. The number of hydrogen-bond acceptors (Lipinski definition) is 6. The first-order chi connectivity index (χ1) is 12.0. The summed E-state index contributed by atoms with van der Waals surface area (Å²) < 4.78 is 34.3. The number of benzene rings is 1. The Morgan fingerprint density at radius 1 is 1.35 bits per heavy atom. The molecule has 1 aromatic heterocycles. The number of nitrogens with zero attached hydrogens (tertiary/aromatic N) is 1. The van der Waals surface area contributed by atoms with Crippen molar-refractivity contribution in [3.8, 4) is 11.5 Å². The fourth-order valence-corrected chi connectivity index (χ4v) is 2.92. The van der Waals surface area contributed by atoms with Gasteiger partial charge >= 0.3 is 6.61 Å². The maximum atomic E-state index is 12.4. The number of carbonyl (C=O) groups excluding carboxylic acids is 1. The zero-order valence-corrected chi connectivity index (χ0v) is 15.7. The molecule has 0 aliphatic heterocycles. The molecule has 0 aliphatic rings. The van der Waals surface area contributed by atoms with Crippen LogP contribution in [0.4, 0.5) is 8.78 Å². The highest BCUT2D eigenvalue weighted by atomic mass is 35.5. The minimum atomic E-state index is -2.93. The summed E-state index contributed by atoms with van der Waals surface area (Å²) in [6.07, 6.45) is 1.09. The van der Waals surface area contributed by atoms with Gasteiger partial charge in [0.2, 0.25) is 0 Å². The average Bonchev–Trinajstić information content (AvgIpc) is 3.03. The molecule has 1 amide bonds. The van der Waals surface area contributed by atoms with E-state index in [0.29, 0.717) is 31.6 Å². The summed E-state index contributed by atoms with van der Waals surface area (Å²) in [7, 11) is 1.38. The molecule has 26 heavy (non-hydrogen) atoms. The molecule has 0 radical (unpaired) electrons. The van der Waals surface area contributed by atoms with E-state index in [2.05, 4.69) is 15.0 Å². The Balaban J connectivity index is 0.00000338. The molecule has 144 valence electrons. The van der Waals surface area contributed by atoms with Gasteiger partial charge in [-0.1, -0.05) is 6.07 Å². The van der Waals surface area contributed by atoms with Crippen LogP contribution in [0, 0.1) is 0 Å². The maximum Gasteiger partial charge on any atom is 0.387 e. The number of hydrogen-bond donors (Lipinski definition) is 2. The van der Waals surface area contributed by atoms with E-state index < -0.39 is 6.61 Å². The molecule has 6 nitrogen and oxygen atoms in total. The van der Waals surface area contributed by atoms with Crippen LogP contribution in [0.5, 0.6) is 11.5 Å². The lowest BCUT2D eigenvalue weighted by molar-refractivity contribution is -0.0512. The van der Waals surface area contributed by atoms with E-state index >= 15 is 0 Å². The van der Waals surface area contributed by atoms with Gasteiger partial charge in [-0.15, -0.1) is 23.7 Å². The third-order valence-corrected chi connectivity index (χ3v) is 4.19. The first kappa shape index (κ1) is 22.1. The van der Waals surface area contributed by atoms with Gasteiger partial charge in [0, 0.05) is 18.3 Å². The van der Waals surface area contributed by atoms with Crippen LogP contribution in [0.15, 0.2) is 23.6 Å². The number of halogens is 3. The van der Waals surface area contributed by atoms with Gasteiger partial charge in [-0.3, -0.25) is 4.79 Å². The fraction of sp³-hybridized carbons (Fsp3) is 0.375. The van der Waals surface area contributed by atoms with Crippen molar-refractivity contribution in [1.82, 2.24) is 10.3 Å². The van der Waals surface area contributed by atoms with Crippen molar-refractivity contribution >= 4 is 29.7 Å². The molecular formula is C16H20ClF2N3O3S. The Morgan fingerprint density at radius 2 is 2.12 bits per heavy atom. The monoisotopic (exact) mass is 407 g/mol. The third-order valence-electron chi connectivity index (χ3n) is 3.29. The van der Waals surface area contributed by atoms with Crippen molar-refractivity contribution in [2.45, 2.75) is 19.5 Å². The third kappa shape index (κ3) is 6.40. The quantitative estimate of drug-likeness (QED) is 0.667. The molecule has 3 N–H and O–H groups in total. The predicted octanol–water partition coefficient (Wildman–Crippen LogP) is 2.65. The van der Waals surface area contributed by atoms with Gasteiger partial charge < -0.3 is 20.5 Å². The number of ether oxygens (including phenoxy) is 2. The molecule has 0 fully saturated rings. The summed E-state index contributed by atoms with van der Waals surface area (Å²) in [6, 6.07) is 4.75. The SMILES string of the molecule is COc1ccc(CCNC(=O)c2csc(CCN)n2)cc1OC(F)F.Cl. The summed E-state index contributed by atoms with van der Waals surface area (Å²) in [4.78, 5) is 16.2. The van der Waals surface area contributed by atoms with Gasteiger partial charge in [-0.05, 0) is 30.7 Å². The molecule has 0 aliphatic carbocycles. The van der Waals surface area contributed by atoms with Crippen molar-refractivity contribution < 1.29 is 23.0 Å². The molecule has 0 spiro atoms. The Bertz CT molecular complexity index is 716. The summed E-state index contributed by atoms with van der Waals surface area (Å²) in [5.41, 5.74) is 6.54. The molecule has 10 heteroatoms. The topological polar surface area (TPSA) is 86.5 Å². The van der Waals surface area contributed by atoms with Crippen LogP contribution >= 0.6 is 23.7 Å². The molecule has 1 heterocycles. The number of aromatic nitrogens is 1. The zero-order valence-electron chi connectivity index (χ0n) is 14.0. The lowest BCUT2D eigenvalue weighted by Gasteiger charge is -2.11. The van der Waals surface area contributed by atoms with Gasteiger partial charge in [0.25, 0.3) is 5.91 Å². The van der Waals surface area contributed by atoms with E-state index in [0.717, 1.165) is 10.6 Å². The van der Waals surface area contributed by atoms with E-state index in [-0.39, 0.29) is 29.8 Å². The molecule has 0 saturated heterocycles. The number of nitrogens with one attached hydrogen (secondary N) is 1. The molecule has 0 bridgehead atoms. The van der Waals surface area contributed by atoms with Crippen LogP contribution in [0.3, 0.4) is 0 Å². The van der Waals surface area contributed by atoms with Crippen molar-refractivity contribution in [3.05, 3.63) is 39.8 Å². The number of rotatable bonds is 9. The van der Waals surface area contributed by atoms with Gasteiger partial charge in [0.15, 0.2) is 11.5 Å². The van der Waals surface area contributed by atoms with Gasteiger partial charge in [0.1, 0.15) is 5.69 Å². The number of thiazole rings is 1. The van der Waals surface area contributed by atoms with E-state index in [9.17, 15) is 13.6 Å². The van der Waals surface area contributed by atoms with Crippen LogP contribution in [-0.4, -0.2) is 37.7 Å². The molecule has 0 saturated carbocycles. The summed E-state index contributed by atoms with van der Waals surface area (Å²) in [6.45, 7) is -2.12. The van der Waals surface area contributed by atoms with Crippen LogP contribution in [0.1, 0.15) is 21.1 Å².